The summed E-state index contributed by atoms with van der Waals surface area (Å²) in [5.74, 6) is -3.37. The van der Waals surface area contributed by atoms with Crippen LogP contribution in [-0.4, -0.2) is 38.4 Å². The molecule has 8 nitrogen and oxygen atoms in total. The number of carbonyl (C=O) groups excluding carboxylic acids is 2. The van der Waals surface area contributed by atoms with E-state index >= 15 is 0 Å². The Bertz CT molecular complexity index is 285. The van der Waals surface area contributed by atoms with Gasteiger partial charge in [-0.2, -0.15) is 0 Å². The molecule has 0 rings (SSSR count). The van der Waals surface area contributed by atoms with Crippen LogP contribution in [0, 0.1) is 0 Å². The zero-order valence-corrected chi connectivity index (χ0v) is 8.15. The maximum atomic E-state index is 10.7. The van der Waals surface area contributed by atoms with Crippen LogP contribution in [0.3, 0.4) is 0 Å². The SMILES string of the molecule is O=C(O)COC(=O)CCC(=O)OS(=O)[O-]. The van der Waals surface area contributed by atoms with Gasteiger partial charge in [0.05, 0.1) is 12.8 Å². The first-order valence-electron chi connectivity index (χ1n) is 3.59. The van der Waals surface area contributed by atoms with Crippen LogP contribution >= 0.6 is 0 Å². The summed E-state index contributed by atoms with van der Waals surface area (Å²) in [6, 6.07) is 0. The van der Waals surface area contributed by atoms with E-state index < -0.39 is 48.7 Å². The molecule has 0 radical (unpaired) electrons. The molecule has 1 atom stereocenters. The number of hydrogen-bond acceptors (Lipinski definition) is 7. The van der Waals surface area contributed by atoms with Crippen LogP contribution in [0.2, 0.25) is 0 Å². The molecule has 0 aromatic rings. The molecule has 9 heteroatoms. The van der Waals surface area contributed by atoms with Crippen molar-refractivity contribution in [2.45, 2.75) is 12.8 Å². The maximum Gasteiger partial charge on any atom is 0.341 e. The quantitative estimate of drug-likeness (QED) is 0.448. The van der Waals surface area contributed by atoms with Crippen molar-refractivity contribution in [1.82, 2.24) is 0 Å². The normalized spacial score (nSPS) is 11.5. The van der Waals surface area contributed by atoms with Crippen LogP contribution in [0.25, 0.3) is 0 Å². The van der Waals surface area contributed by atoms with E-state index in [-0.39, 0.29) is 0 Å². The minimum Gasteiger partial charge on any atom is -0.740 e. The second-order valence-corrected chi connectivity index (χ2v) is 2.79. The molecule has 15 heavy (non-hydrogen) atoms. The highest BCUT2D eigenvalue weighted by Crippen LogP contribution is 1.96. The maximum absolute atomic E-state index is 10.7. The van der Waals surface area contributed by atoms with Crippen molar-refractivity contribution in [3.05, 3.63) is 0 Å². The van der Waals surface area contributed by atoms with Crippen LogP contribution in [-0.2, 0) is 34.7 Å². The predicted octanol–water partition coefficient (Wildman–Crippen LogP) is -1.27. The highest BCUT2D eigenvalue weighted by Gasteiger charge is 2.10. The molecule has 0 heterocycles. The first-order chi connectivity index (χ1) is 6.91. The number of ether oxygens (including phenoxy) is 1. The lowest BCUT2D eigenvalue weighted by molar-refractivity contribution is -0.155. The summed E-state index contributed by atoms with van der Waals surface area (Å²) >= 11 is -2.97. The fraction of sp³-hybridized carbons (Fsp3) is 0.500. The number of esters is 1. The van der Waals surface area contributed by atoms with E-state index in [0.717, 1.165) is 0 Å². The van der Waals surface area contributed by atoms with Gasteiger partial charge in [-0.15, -0.1) is 0 Å². The Balaban J connectivity index is 3.66. The summed E-state index contributed by atoms with van der Waals surface area (Å²) in [5.41, 5.74) is 0. The Morgan fingerprint density at radius 2 is 1.73 bits per heavy atom. The van der Waals surface area contributed by atoms with E-state index in [0.29, 0.717) is 0 Å². The monoisotopic (exact) mass is 239 g/mol. The van der Waals surface area contributed by atoms with Gasteiger partial charge >= 0.3 is 17.9 Å². The van der Waals surface area contributed by atoms with E-state index in [1.807, 2.05) is 0 Å². The summed E-state index contributed by atoms with van der Waals surface area (Å²) in [4.78, 5) is 31.2. The van der Waals surface area contributed by atoms with Crippen molar-refractivity contribution >= 4 is 29.3 Å². The molecule has 0 aromatic heterocycles. The molecule has 0 aliphatic carbocycles. The number of carboxylic acid groups (broad SMARTS) is 1. The fourth-order valence-electron chi connectivity index (χ4n) is 0.536. The molecule has 0 aliphatic heterocycles. The van der Waals surface area contributed by atoms with Gasteiger partial charge in [0.2, 0.25) is 0 Å². The van der Waals surface area contributed by atoms with Crippen LogP contribution < -0.4 is 0 Å². The average molecular weight is 239 g/mol. The van der Waals surface area contributed by atoms with Crippen molar-refractivity contribution < 1.29 is 37.2 Å². The zero-order chi connectivity index (χ0) is 11.8. The molecular weight excluding hydrogens is 232 g/mol. The number of carbonyl (C=O) groups is 3. The van der Waals surface area contributed by atoms with Gasteiger partial charge < -0.3 is 18.6 Å². The van der Waals surface area contributed by atoms with E-state index in [9.17, 15) is 23.1 Å². The predicted molar refractivity (Wildman–Crippen MR) is 42.8 cm³/mol. The molecular formula is C6H7O8S-. The Labute approximate surface area is 86.7 Å². The van der Waals surface area contributed by atoms with Gasteiger partial charge in [-0.05, 0) is 0 Å². The number of aliphatic carboxylic acids is 1. The molecule has 86 valence electrons. The Hall–Kier alpha value is -1.48. The van der Waals surface area contributed by atoms with E-state index in [1.54, 1.807) is 0 Å². The molecule has 0 spiro atoms. The van der Waals surface area contributed by atoms with Crippen molar-refractivity contribution in [2.75, 3.05) is 6.61 Å². The zero-order valence-electron chi connectivity index (χ0n) is 7.33. The van der Waals surface area contributed by atoms with Crippen LogP contribution in [0.15, 0.2) is 0 Å². The molecule has 0 bridgehead atoms. The highest BCUT2D eigenvalue weighted by molar-refractivity contribution is 7.74. The molecule has 0 aromatic carbocycles. The van der Waals surface area contributed by atoms with E-state index in [1.165, 1.54) is 0 Å². The highest BCUT2D eigenvalue weighted by atomic mass is 32.2. The van der Waals surface area contributed by atoms with Gasteiger partial charge in [0.25, 0.3) is 0 Å². The largest absolute Gasteiger partial charge is 0.740 e. The third-order valence-electron chi connectivity index (χ3n) is 1.05. The first-order valence-corrected chi connectivity index (χ1v) is 4.59. The number of hydrogen-bond donors (Lipinski definition) is 1. The van der Waals surface area contributed by atoms with Crippen molar-refractivity contribution in [1.29, 1.82) is 0 Å². The van der Waals surface area contributed by atoms with Gasteiger partial charge in [0.1, 0.15) is 11.4 Å². The summed E-state index contributed by atoms with van der Waals surface area (Å²) < 4.78 is 27.5. The number of carboxylic acids is 1. The summed E-state index contributed by atoms with van der Waals surface area (Å²) in [7, 11) is 0. The van der Waals surface area contributed by atoms with Gasteiger partial charge in [-0.1, -0.05) is 0 Å². The van der Waals surface area contributed by atoms with Gasteiger partial charge in [-0.25, -0.2) is 9.00 Å². The Morgan fingerprint density at radius 3 is 2.20 bits per heavy atom. The van der Waals surface area contributed by atoms with Crippen molar-refractivity contribution in [2.24, 2.45) is 0 Å². The van der Waals surface area contributed by atoms with Crippen molar-refractivity contribution in [3.8, 4) is 0 Å². The third-order valence-corrected chi connectivity index (χ3v) is 1.37. The summed E-state index contributed by atoms with van der Waals surface area (Å²) in [6.07, 6.45) is -0.935. The second-order valence-electron chi connectivity index (χ2n) is 2.21. The summed E-state index contributed by atoms with van der Waals surface area (Å²) in [5, 5.41) is 8.11. The lowest BCUT2D eigenvalue weighted by Crippen LogP contribution is -2.15. The van der Waals surface area contributed by atoms with Gasteiger partial charge in [0.15, 0.2) is 6.61 Å². The van der Waals surface area contributed by atoms with Crippen LogP contribution in [0.1, 0.15) is 12.8 Å². The molecule has 1 N–H and O–H groups in total. The molecule has 0 amide bonds. The lowest BCUT2D eigenvalue weighted by atomic mass is 10.3. The smallest absolute Gasteiger partial charge is 0.341 e. The van der Waals surface area contributed by atoms with E-state index in [4.69, 9.17) is 5.11 Å². The summed E-state index contributed by atoms with van der Waals surface area (Å²) in [6.45, 7) is -0.804. The Kier molecular flexibility index (Phi) is 6.22. The topological polar surface area (TPSA) is 130 Å². The van der Waals surface area contributed by atoms with Crippen LogP contribution in [0.4, 0.5) is 0 Å². The molecule has 1 unspecified atom stereocenters. The molecule has 0 fully saturated rings. The third kappa shape index (κ3) is 8.84. The minimum absolute atomic E-state index is 0.441. The average Bonchev–Trinajstić information content (AvgIpc) is 2.10. The fourth-order valence-corrected chi connectivity index (χ4v) is 0.771. The molecule has 0 saturated carbocycles. The lowest BCUT2D eigenvalue weighted by Gasteiger charge is -2.04. The van der Waals surface area contributed by atoms with Crippen LogP contribution in [0.5, 0.6) is 0 Å². The molecule has 0 aliphatic rings. The first kappa shape index (κ1) is 13.5. The second kappa shape index (κ2) is 6.90. The minimum atomic E-state index is -2.97. The standard InChI is InChI=1S/C6H8O8S/c7-4(8)3-13-5(9)1-2-6(10)14-15(11)12/h1-3H2,(H,7,8)(H,11,12)/p-1. The Morgan fingerprint density at radius 1 is 1.20 bits per heavy atom. The van der Waals surface area contributed by atoms with Gasteiger partial charge in [0, 0.05) is 0 Å². The number of rotatable bonds is 6. The van der Waals surface area contributed by atoms with E-state index in [2.05, 4.69) is 8.92 Å². The van der Waals surface area contributed by atoms with Gasteiger partial charge in [-0.3, -0.25) is 9.59 Å². The molecule has 0 saturated heterocycles. The van der Waals surface area contributed by atoms with Crippen molar-refractivity contribution in [3.63, 3.8) is 0 Å².